The monoisotopic (exact) mass is 332 g/mol. The lowest BCUT2D eigenvalue weighted by atomic mass is 10.2. The Balaban J connectivity index is 1.70. The predicted molar refractivity (Wildman–Crippen MR) is 81.2 cm³/mol. The molecule has 0 aliphatic carbocycles. The van der Waals surface area contributed by atoms with Gasteiger partial charge in [0.05, 0.1) is 12.8 Å². The van der Waals surface area contributed by atoms with Crippen molar-refractivity contribution >= 4 is 28.2 Å². The standard InChI is InChI=1S/C14H9FN4OS2/c15-11-4-1-5-12(10(11)7-16)21-14-19-18-13(22-14)17-8-9-3-2-6-20-9/h1-6H,8H2,(H,17,18). The number of anilines is 1. The third-order valence-electron chi connectivity index (χ3n) is 2.68. The fourth-order valence-corrected chi connectivity index (χ4v) is 3.50. The second-order valence-corrected chi connectivity index (χ2v) is 6.40. The molecule has 1 aromatic carbocycles. The van der Waals surface area contributed by atoms with Crippen LogP contribution in [0.15, 0.2) is 50.2 Å². The summed E-state index contributed by atoms with van der Waals surface area (Å²) in [4.78, 5) is 0.524. The quantitative estimate of drug-likeness (QED) is 0.763. The third-order valence-corrected chi connectivity index (χ3v) is 4.68. The molecule has 1 N–H and O–H groups in total. The highest BCUT2D eigenvalue weighted by atomic mass is 32.2. The molecule has 3 rings (SSSR count). The van der Waals surface area contributed by atoms with E-state index in [0.29, 0.717) is 20.9 Å². The maximum absolute atomic E-state index is 13.5. The van der Waals surface area contributed by atoms with E-state index in [2.05, 4.69) is 15.5 Å². The first-order valence-corrected chi connectivity index (χ1v) is 7.86. The molecule has 0 aliphatic rings. The maximum atomic E-state index is 13.5. The van der Waals surface area contributed by atoms with Crippen molar-refractivity contribution in [3.05, 3.63) is 53.7 Å². The first-order chi connectivity index (χ1) is 10.8. The number of nitrogens with zero attached hydrogens (tertiary/aromatic N) is 3. The summed E-state index contributed by atoms with van der Waals surface area (Å²) in [5.41, 5.74) is 0.0211. The van der Waals surface area contributed by atoms with Gasteiger partial charge in [0.15, 0.2) is 4.34 Å². The minimum Gasteiger partial charge on any atom is -0.467 e. The zero-order valence-corrected chi connectivity index (χ0v) is 12.7. The molecule has 8 heteroatoms. The van der Waals surface area contributed by atoms with Crippen LogP contribution in [0.1, 0.15) is 11.3 Å². The number of benzene rings is 1. The van der Waals surface area contributed by atoms with Gasteiger partial charge in [0, 0.05) is 4.90 Å². The molecular formula is C14H9FN4OS2. The number of nitrogens with one attached hydrogen (secondary N) is 1. The molecule has 5 nitrogen and oxygen atoms in total. The van der Waals surface area contributed by atoms with Crippen LogP contribution in [0.3, 0.4) is 0 Å². The average molecular weight is 332 g/mol. The van der Waals surface area contributed by atoms with Crippen LogP contribution in [0.2, 0.25) is 0 Å². The van der Waals surface area contributed by atoms with Gasteiger partial charge in [-0.05, 0) is 24.3 Å². The molecule has 0 fully saturated rings. The van der Waals surface area contributed by atoms with E-state index in [4.69, 9.17) is 9.68 Å². The Morgan fingerprint density at radius 1 is 1.32 bits per heavy atom. The second kappa shape index (κ2) is 6.60. The van der Waals surface area contributed by atoms with Crippen molar-refractivity contribution < 1.29 is 8.81 Å². The molecule has 0 saturated heterocycles. The molecule has 0 spiro atoms. The van der Waals surface area contributed by atoms with Crippen LogP contribution in [0.25, 0.3) is 0 Å². The summed E-state index contributed by atoms with van der Waals surface area (Å²) in [7, 11) is 0. The lowest BCUT2D eigenvalue weighted by Crippen LogP contribution is -1.96. The van der Waals surface area contributed by atoms with Crippen LogP contribution in [-0.4, -0.2) is 10.2 Å². The van der Waals surface area contributed by atoms with Crippen LogP contribution < -0.4 is 5.32 Å². The van der Waals surface area contributed by atoms with E-state index >= 15 is 0 Å². The summed E-state index contributed by atoms with van der Waals surface area (Å²) in [6, 6.07) is 10.0. The highest BCUT2D eigenvalue weighted by Crippen LogP contribution is 2.34. The number of halogens is 1. The van der Waals surface area contributed by atoms with E-state index in [9.17, 15) is 4.39 Å². The van der Waals surface area contributed by atoms with Crippen molar-refractivity contribution in [3.8, 4) is 6.07 Å². The van der Waals surface area contributed by atoms with Gasteiger partial charge in [-0.2, -0.15) is 5.26 Å². The minimum atomic E-state index is -0.534. The lowest BCUT2D eigenvalue weighted by Gasteiger charge is -2.00. The zero-order chi connectivity index (χ0) is 15.4. The average Bonchev–Trinajstić information content (AvgIpc) is 3.17. The normalized spacial score (nSPS) is 10.4. The van der Waals surface area contributed by atoms with Crippen LogP contribution >= 0.6 is 23.1 Å². The smallest absolute Gasteiger partial charge is 0.206 e. The van der Waals surface area contributed by atoms with Gasteiger partial charge < -0.3 is 9.73 Å². The number of furan rings is 1. The molecule has 0 unspecified atom stereocenters. The van der Waals surface area contributed by atoms with Gasteiger partial charge in [-0.15, -0.1) is 10.2 Å². The number of nitriles is 1. The molecule has 110 valence electrons. The van der Waals surface area contributed by atoms with Gasteiger partial charge in [-0.25, -0.2) is 4.39 Å². The maximum Gasteiger partial charge on any atom is 0.206 e. The van der Waals surface area contributed by atoms with E-state index in [1.807, 2.05) is 18.2 Å². The molecular weight excluding hydrogens is 323 g/mol. The Morgan fingerprint density at radius 2 is 2.23 bits per heavy atom. The number of hydrogen-bond acceptors (Lipinski definition) is 7. The number of aromatic nitrogens is 2. The largest absolute Gasteiger partial charge is 0.467 e. The Hall–Kier alpha value is -2.37. The van der Waals surface area contributed by atoms with Crippen molar-refractivity contribution in [3.63, 3.8) is 0 Å². The summed E-state index contributed by atoms with van der Waals surface area (Å²) < 4.78 is 19.4. The van der Waals surface area contributed by atoms with Gasteiger partial charge in [-0.1, -0.05) is 29.2 Å². The molecule has 0 bridgehead atoms. The molecule has 2 heterocycles. The summed E-state index contributed by atoms with van der Waals surface area (Å²) in [6.45, 7) is 0.510. The fraction of sp³-hybridized carbons (Fsp3) is 0.0714. The molecule has 0 aliphatic heterocycles. The van der Waals surface area contributed by atoms with Crippen LogP contribution in [0.5, 0.6) is 0 Å². The van der Waals surface area contributed by atoms with Crippen molar-refractivity contribution in [2.75, 3.05) is 5.32 Å². The van der Waals surface area contributed by atoms with Crippen molar-refractivity contribution in [1.82, 2.24) is 10.2 Å². The Labute approximate surface area is 133 Å². The fourth-order valence-electron chi connectivity index (χ4n) is 1.69. The lowest BCUT2D eigenvalue weighted by molar-refractivity contribution is 0.518. The van der Waals surface area contributed by atoms with Gasteiger partial charge in [0.25, 0.3) is 0 Å². The van der Waals surface area contributed by atoms with E-state index in [1.165, 1.54) is 29.2 Å². The first-order valence-electron chi connectivity index (χ1n) is 6.22. The van der Waals surface area contributed by atoms with Gasteiger partial charge >= 0.3 is 0 Å². The minimum absolute atomic E-state index is 0.0211. The summed E-state index contributed by atoms with van der Waals surface area (Å²) >= 11 is 2.55. The van der Waals surface area contributed by atoms with Gasteiger partial charge in [-0.3, -0.25) is 0 Å². The van der Waals surface area contributed by atoms with E-state index < -0.39 is 5.82 Å². The summed E-state index contributed by atoms with van der Waals surface area (Å²) in [5.74, 6) is 0.259. The Bertz CT molecular complexity index is 811. The highest BCUT2D eigenvalue weighted by Gasteiger charge is 2.12. The van der Waals surface area contributed by atoms with Crippen molar-refractivity contribution in [1.29, 1.82) is 5.26 Å². The molecule has 0 radical (unpaired) electrons. The van der Waals surface area contributed by atoms with Crippen LogP contribution in [-0.2, 0) is 6.54 Å². The molecule has 0 saturated carbocycles. The molecule has 2 aromatic heterocycles. The molecule has 0 amide bonds. The Kier molecular flexibility index (Phi) is 4.37. The third kappa shape index (κ3) is 3.27. The van der Waals surface area contributed by atoms with E-state index in [0.717, 1.165) is 5.76 Å². The summed E-state index contributed by atoms with van der Waals surface area (Å²) in [6.07, 6.45) is 1.60. The van der Waals surface area contributed by atoms with Crippen molar-refractivity contribution in [2.24, 2.45) is 0 Å². The number of hydrogen-bond donors (Lipinski definition) is 1. The van der Waals surface area contributed by atoms with Gasteiger partial charge in [0.2, 0.25) is 5.13 Å². The SMILES string of the molecule is N#Cc1c(F)cccc1Sc1nnc(NCc2ccco2)s1. The topological polar surface area (TPSA) is 74.7 Å². The van der Waals surface area contributed by atoms with Crippen molar-refractivity contribution in [2.45, 2.75) is 15.8 Å². The second-order valence-electron chi connectivity index (χ2n) is 4.13. The number of rotatable bonds is 5. The molecule has 3 aromatic rings. The summed E-state index contributed by atoms with van der Waals surface area (Å²) in [5, 5.41) is 20.8. The Morgan fingerprint density at radius 3 is 3.00 bits per heavy atom. The van der Waals surface area contributed by atoms with E-state index in [-0.39, 0.29) is 5.56 Å². The van der Waals surface area contributed by atoms with Crippen LogP contribution in [0, 0.1) is 17.1 Å². The predicted octanol–water partition coefficient (Wildman–Crippen LogP) is 3.91. The first kappa shape index (κ1) is 14.6. The van der Waals surface area contributed by atoms with Gasteiger partial charge in [0.1, 0.15) is 23.2 Å². The van der Waals surface area contributed by atoms with E-state index in [1.54, 1.807) is 18.4 Å². The van der Waals surface area contributed by atoms with Crippen LogP contribution in [0.4, 0.5) is 9.52 Å². The zero-order valence-electron chi connectivity index (χ0n) is 11.1. The molecule has 0 atom stereocenters. The highest BCUT2D eigenvalue weighted by molar-refractivity contribution is 8.01. The molecule has 22 heavy (non-hydrogen) atoms.